The average Bonchev–Trinajstić information content (AvgIpc) is 3.11. The van der Waals surface area contributed by atoms with E-state index >= 15 is 0 Å². The number of carbonyl (C=O) groups is 4. The van der Waals surface area contributed by atoms with Gasteiger partial charge in [-0.05, 0) is 50.3 Å². The van der Waals surface area contributed by atoms with Crippen LogP contribution in [0, 0.1) is 0 Å². The molecular formula is C28H35N3O4. The van der Waals surface area contributed by atoms with Gasteiger partial charge < -0.3 is 10.2 Å². The van der Waals surface area contributed by atoms with Crippen molar-refractivity contribution < 1.29 is 19.2 Å². The first-order valence-electron chi connectivity index (χ1n) is 12.5. The van der Waals surface area contributed by atoms with E-state index in [1.165, 1.54) is 4.90 Å². The fraction of sp³-hybridized carbons (Fsp3) is 0.429. The van der Waals surface area contributed by atoms with Crippen molar-refractivity contribution in [1.82, 2.24) is 15.1 Å². The van der Waals surface area contributed by atoms with Crippen LogP contribution in [-0.4, -0.2) is 58.6 Å². The van der Waals surface area contributed by atoms with Gasteiger partial charge in [-0.1, -0.05) is 56.3 Å². The van der Waals surface area contributed by atoms with Crippen LogP contribution in [0.4, 0.5) is 0 Å². The Morgan fingerprint density at radius 2 is 1.51 bits per heavy atom. The maximum atomic E-state index is 13.3. The monoisotopic (exact) mass is 477 g/mol. The number of nitrogens with zero attached hydrogens (tertiary/aromatic N) is 2. The fourth-order valence-electron chi connectivity index (χ4n) is 4.31. The van der Waals surface area contributed by atoms with Gasteiger partial charge in [-0.15, -0.1) is 0 Å². The van der Waals surface area contributed by atoms with Crippen molar-refractivity contribution in [3.63, 3.8) is 0 Å². The number of fused-ring (bicyclic) bond motifs is 1. The van der Waals surface area contributed by atoms with Crippen molar-refractivity contribution in [3.8, 4) is 0 Å². The number of nitrogens with one attached hydrogen (secondary N) is 1. The number of hydrogen-bond acceptors (Lipinski definition) is 4. The largest absolute Gasteiger partial charge is 0.352 e. The first-order chi connectivity index (χ1) is 16.9. The maximum absolute atomic E-state index is 13.3. The molecule has 186 valence electrons. The Morgan fingerprint density at radius 3 is 2.09 bits per heavy atom. The molecule has 2 aromatic rings. The van der Waals surface area contributed by atoms with Crippen LogP contribution in [0.5, 0.6) is 0 Å². The van der Waals surface area contributed by atoms with E-state index in [1.54, 1.807) is 29.2 Å². The summed E-state index contributed by atoms with van der Waals surface area (Å²) in [7, 11) is 0. The lowest BCUT2D eigenvalue weighted by Crippen LogP contribution is -2.51. The van der Waals surface area contributed by atoms with E-state index in [0.717, 1.165) is 12.0 Å². The molecule has 1 heterocycles. The molecule has 7 nitrogen and oxygen atoms in total. The van der Waals surface area contributed by atoms with E-state index in [1.807, 2.05) is 51.1 Å². The Morgan fingerprint density at radius 1 is 0.914 bits per heavy atom. The molecule has 0 spiro atoms. The lowest BCUT2D eigenvalue weighted by Gasteiger charge is -2.31. The molecule has 35 heavy (non-hydrogen) atoms. The number of carbonyl (C=O) groups excluding carboxylic acids is 4. The lowest BCUT2D eigenvalue weighted by molar-refractivity contribution is -0.141. The first-order valence-corrected chi connectivity index (χ1v) is 12.5. The van der Waals surface area contributed by atoms with Crippen molar-refractivity contribution in [3.05, 3.63) is 71.3 Å². The predicted octanol–water partition coefficient (Wildman–Crippen LogP) is 3.83. The van der Waals surface area contributed by atoms with E-state index in [0.29, 0.717) is 36.9 Å². The molecule has 0 aromatic heterocycles. The second kappa shape index (κ2) is 12.3. The molecule has 0 radical (unpaired) electrons. The van der Waals surface area contributed by atoms with E-state index < -0.39 is 6.04 Å². The summed E-state index contributed by atoms with van der Waals surface area (Å²) in [5.41, 5.74) is 1.90. The van der Waals surface area contributed by atoms with Gasteiger partial charge in [-0.2, -0.15) is 0 Å². The Hall–Kier alpha value is -3.48. The molecule has 1 aliphatic rings. The minimum Gasteiger partial charge on any atom is -0.352 e. The Labute approximate surface area is 207 Å². The zero-order valence-electron chi connectivity index (χ0n) is 20.8. The van der Waals surface area contributed by atoms with Gasteiger partial charge in [0.2, 0.25) is 11.8 Å². The van der Waals surface area contributed by atoms with E-state index in [4.69, 9.17) is 0 Å². The van der Waals surface area contributed by atoms with Crippen LogP contribution in [0.15, 0.2) is 54.6 Å². The van der Waals surface area contributed by atoms with Crippen molar-refractivity contribution >= 4 is 23.6 Å². The summed E-state index contributed by atoms with van der Waals surface area (Å²) in [5.74, 6) is -0.941. The topological polar surface area (TPSA) is 86.8 Å². The highest BCUT2D eigenvalue weighted by Gasteiger charge is 2.35. The quantitative estimate of drug-likeness (QED) is 0.471. The number of benzene rings is 2. The number of amides is 4. The van der Waals surface area contributed by atoms with Crippen LogP contribution in [0.2, 0.25) is 0 Å². The van der Waals surface area contributed by atoms with E-state index in [9.17, 15) is 19.2 Å². The van der Waals surface area contributed by atoms with Crippen LogP contribution in [0.3, 0.4) is 0 Å². The van der Waals surface area contributed by atoms with Gasteiger partial charge in [0.1, 0.15) is 6.04 Å². The van der Waals surface area contributed by atoms with Crippen molar-refractivity contribution in [1.29, 1.82) is 0 Å². The third kappa shape index (κ3) is 6.35. The minimum absolute atomic E-state index is 0.0245. The van der Waals surface area contributed by atoms with Crippen molar-refractivity contribution in [2.24, 2.45) is 0 Å². The van der Waals surface area contributed by atoms with Gasteiger partial charge in [-0.25, -0.2) is 0 Å². The molecule has 3 rings (SSSR count). The molecule has 0 bridgehead atoms. The zero-order valence-corrected chi connectivity index (χ0v) is 20.8. The van der Waals surface area contributed by atoms with Crippen LogP contribution in [-0.2, 0) is 16.0 Å². The summed E-state index contributed by atoms with van der Waals surface area (Å²) < 4.78 is 0. The highest BCUT2D eigenvalue weighted by Crippen LogP contribution is 2.23. The molecule has 0 saturated heterocycles. The third-order valence-corrected chi connectivity index (χ3v) is 6.52. The standard InChI is InChI=1S/C28H35N3O4/c1-4-20(3)29-26(33)24(5-2)30(19-17-21-12-7-6-8-13-21)25(32)16-11-18-31-27(34)22-14-9-10-15-23(22)28(31)35/h6-10,12-15,20,24H,4-5,11,16-19H2,1-3H3,(H,29,33)/t20-,24+/m0/s1. The van der Waals surface area contributed by atoms with Gasteiger partial charge in [0, 0.05) is 25.6 Å². The molecule has 0 fully saturated rings. The summed E-state index contributed by atoms with van der Waals surface area (Å²) >= 11 is 0. The van der Waals surface area contributed by atoms with E-state index in [-0.39, 0.29) is 42.6 Å². The van der Waals surface area contributed by atoms with Gasteiger partial charge in [0.25, 0.3) is 11.8 Å². The molecule has 7 heteroatoms. The summed E-state index contributed by atoms with van der Waals surface area (Å²) in [4.78, 5) is 54.4. The summed E-state index contributed by atoms with van der Waals surface area (Å²) in [6.45, 7) is 6.44. The summed E-state index contributed by atoms with van der Waals surface area (Å²) in [5, 5.41) is 3.01. The molecule has 1 N–H and O–H groups in total. The second-order valence-electron chi connectivity index (χ2n) is 8.98. The smallest absolute Gasteiger partial charge is 0.261 e. The van der Waals surface area contributed by atoms with Crippen LogP contribution < -0.4 is 5.32 Å². The molecule has 0 aliphatic carbocycles. The number of imide groups is 1. The number of rotatable bonds is 12. The molecule has 4 amide bonds. The maximum Gasteiger partial charge on any atom is 0.261 e. The zero-order chi connectivity index (χ0) is 25.4. The van der Waals surface area contributed by atoms with Crippen molar-refractivity contribution in [2.75, 3.05) is 13.1 Å². The molecule has 2 aromatic carbocycles. The minimum atomic E-state index is -0.570. The average molecular weight is 478 g/mol. The van der Waals surface area contributed by atoms with Crippen molar-refractivity contribution in [2.45, 2.75) is 65.0 Å². The van der Waals surface area contributed by atoms with Crippen LogP contribution in [0.1, 0.15) is 72.7 Å². The second-order valence-corrected chi connectivity index (χ2v) is 8.98. The SMILES string of the molecule is CC[C@H](C(=O)N[C@@H](C)CC)N(CCc1ccccc1)C(=O)CCCN1C(=O)c2ccccc2C1=O. The Bertz CT molecular complexity index is 1020. The van der Waals surface area contributed by atoms with Gasteiger partial charge in [0.15, 0.2) is 0 Å². The van der Waals surface area contributed by atoms with Crippen LogP contribution in [0.25, 0.3) is 0 Å². The third-order valence-electron chi connectivity index (χ3n) is 6.52. The number of hydrogen-bond donors (Lipinski definition) is 1. The summed E-state index contributed by atoms with van der Waals surface area (Å²) in [6, 6.07) is 16.1. The normalized spacial score (nSPS) is 14.4. The molecule has 2 atom stereocenters. The predicted molar refractivity (Wildman–Crippen MR) is 135 cm³/mol. The van der Waals surface area contributed by atoms with Gasteiger partial charge in [0.05, 0.1) is 11.1 Å². The van der Waals surface area contributed by atoms with Gasteiger partial charge >= 0.3 is 0 Å². The molecular weight excluding hydrogens is 442 g/mol. The molecule has 1 aliphatic heterocycles. The Balaban J connectivity index is 1.66. The highest BCUT2D eigenvalue weighted by atomic mass is 16.2. The Kier molecular flexibility index (Phi) is 9.18. The van der Waals surface area contributed by atoms with E-state index in [2.05, 4.69) is 5.32 Å². The summed E-state index contributed by atoms with van der Waals surface area (Å²) in [6.07, 6.45) is 2.44. The lowest BCUT2D eigenvalue weighted by atomic mass is 10.1. The molecule has 0 unspecified atom stereocenters. The van der Waals surface area contributed by atoms with Gasteiger partial charge in [-0.3, -0.25) is 24.1 Å². The fourth-order valence-corrected chi connectivity index (χ4v) is 4.31. The highest BCUT2D eigenvalue weighted by molar-refractivity contribution is 6.21. The first kappa shape index (κ1) is 26.1. The molecule has 0 saturated carbocycles. The van der Waals surface area contributed by atoms with Crippen LogP contribution >= 0.6 is 0 Å².